The zero-order valence-electron chi connectivity index (χ0n) is 15.8. The third-order valence-electron chi connectivity index (χ3n) is 4.88. The molecule has 0 aliphatic carbocycles. The van der Waals surface area contributed by atoms with E-state index in [0.29, 0.717) is 22.7 Å². The van der Waals surface area contributed by atoms with Crippen LogP contribution in [0.25, 0.3) is 22.3 Å². The van der Waals surface area contributed by atoms with Crippen LogP contribution in [0.1, 0.15) is 23.9 Å². The molecular weight excluding hydrogens is 372 g/mol. The van der Waals surface area contributed by atoms with E-state index in [9.17, 15) is 4.79 Å². The molecule has 0 saturated carbocycles. The molecule has 0 saturated heterocycles. The summed E-state index contributed by atoms with van der Waals surface area (Å²) < 4.78 is 21.7. The van der Waals surface area contributed by atoms with Crippen molar-refractivity contribution in [2.75, 3.05) is 0 Å². The van der Waals surface area contributed by atoms with E-state index >= 15 is 0 Å². The molecule has 2 aromatic carbocycles. The van der Waals surface area contributed by atoms with Gasteiger partial charge in [-0.25, -0.2) is 0 Å². The lowest BCUT2D eigenvalue weighted by molar-refractivity contribution is -0.144. The van der Waals surface area contributed by atoms with Crippen LogP contribution in [0, 0.1) is 0 Å². The number of hydrogen-bond donors (Lipinski definition) is 0. The zero-order valence-corrected chi connectivity index (χ0v) is 15.8. The summed E-state index contributed by atoms with van der Waals surface area (Å²) in [6.07, 6.45) is 1.09. The molecule has 0 fully saturated rings. The minimum absolute atomic E-state index is 0.0310. The molecule has 0 spiro atoms. The molecule has 1 aliphatic rings. The second kappa shape index (κ2) is 7.09. The molecule has 146 valence electrons. The van der Waals surface area contributed by atoms with Gasteiger partial charge in [-0.3, -0.25) is 4.79 Å². The smallest absolute Gasteiger partial charge is 0.312 e. The number of carbonyl (C=O) groups is 1. The maximum absolute atomic E-state index is 12.2. The highest BCUT2D eigenvalue weighted by atomic mass is 16.5. The summed E-state index contributed by atoms with van der Waals surface area (Å²) in [4.78, 5) is 12.2. The average Bonchev–Trinajstić information content (AvgIpc) is 3.44. The maximum Gasteiger partial charge on any atom is 0.312 e. The first-order valence-corrected chi connectivity index (χ1v) is 9.40. The van der Waals surface area contributed by atoms with Crippen molar-refractivity contribution in [1.29, 1.82) is 0 Å². The van der Waals surface area contributed by atoms with Gasteiger partial charge >= 0.3 is 5.97 Å². The average molecular weight is 390 g/mol. The maximum atomic E-state index is 12.2. The SMILES string of the molecule is C[C@@H]1Cc2cc(-c3cc(COC(=O)Cc4noc5ccccc45)no3)ccc2O1. The number of ether oxygens (including phenoxy) is 2. The van der Waals surface area contributed by atoms with Gasteiger partial charge in [0.25, 0.3) is 0 Å². The Kier molecular flexibility index (Phi) is 4.27. The van der Waals surface area contributed by atoms with Crippen LogP contribution in [0.3, 0.4) is 0 Å². The topological polar surface area (TPSA) is 87.6 Å². The summed E-state index contributed by atoms with van der Waals surface area (Å²) in [5, 5.41) is 8.76. The van der Waals surface area contributed by atoms with E-state index in [1.165, 1.54) is 0 Å². The fraction of sp³-hybridized carbons (Fsp3) is 0.227. The monoisotopic (exact) mass is 390 g/mol. The Morgan fingerprint density at radius 2 is 2.03 bits per heavy atom. The van der Waals surface area contributed by atoms with E-state index in [2.05, 4.69) is 10.3 Å². The normalized spacial score (nSPS) is 15.3. The van der Waals surface area contributed by atoms with Gasteiger partial charge in [-0.15, -0.1) is 0 Å². The molecule has 7 nitrogen and oxygen atoms in total. The third-order valence-corrected chi connectivity index (χ3v) is 4.88. The number of aromatic nitrogens is 2. The first kappa shape index (κ1) is 17.5. The van der Waals surface area contributed by atoms with Gasteiger partial charge in [0.05, 0.1) is 6.42 Å². The Balaban J connectivity index is 1.23. The molecule has 1 aliphatic heterocycles. The highest BCUT2D eigenvalue weighted by Crippen LogP contribution is 2.33. The number of esters is 1. The van der Waals surface area contributed by atoms with Gasteiger partial charge in [0.1, 0.15) is 29.8 Å². The summed E-state index contributed by atoms with van der Waals surface area (Å²) in [5.74, 6) is 1.13. The van der Waals surface area contributed by atoms with E-state index in [1.807, 2.05) is 43.3 Å². The molecule has 1 atom stereocenters. The van der Waals surface area contributed by atoms with Crippen LogP contribution in [0.5, 0.6) is 5.75 Å². The van der Waals surface area contributed by atoms with Gasteiger partial charge in [0.2, 0.25) is 0 Å². The first-order valence-electron chi connectivity index (χ1n) is 9.40. The molecule has 0 N–H and O–H groups in total. The molecule has 4 aromatic rings. The number of nitrogens with zero attached hydrogens (tertiary/aromatic N) is 2. The second-order valence-electron chi connectivity index (χ2n) is 7.10. The fourth-order valence-electron chi connectivity index (χ4n) is 3.50. The highest BCUT2D eigenvalue weighted by Gasteiger charge is 2.20. The minimum Gasteiger partial charge on any atom is -0.490 e. The van der Waals surface area contributed by atoms with Gasteiger partial charge < -0.3 is 18.5 Å². The predicted octanol–water partition coefficient (Wildman–Crippen LogP) is 4.09. The lowest BCUT2D eigenvalue weighted by Gasteiger charge is -2.02. The Morgan fingerprint density at radius 1 is 1.14 bits per heavy atom. The molecular formula is C22H18N2O5. The van der Waals surface area contributed by atoms with Crippen molar-refractivity contribution in [3.05, 3.63) is 65.5 Å². The van der Waals surface area contributed by atoms with Crippen LogP contribution in [0.2, 0.25) is 0 Å². The van der Waals surface area contributed by atoms with Crippen LogP contribution in [0.4, 0.5) is 0 Å². The fourth-order valence-corrected chi connectivity index (χ4v) is 3.50. The largest absolute Gasteiger partial charge is 0.490 e. The molecule has 5 rings (SSSR count). The van der Waals surface area contributed by atoms with E-state index in [1.54, 1.807) is 12.1 Å². The molecule has 29 heavy (non-hydrogen) atoms. The molecule has 0 amide bonds. The van der Waals surface area contributed by atoms with Gasteiger partial charge in [-0.05, 0) is 42.8 Å². The van der Waals surface area contributed by atoms with Crippen molar-refractivity contribution in [1.82, 2.24) is 10.3 Å². The van der Waals surface area contributed by atoms with Crippen molar-refractivity contribution >= 4 is 16.9 Å². The Morgan fingerprint density at radius 3 is 2.97 bits per heavy atom. The number of benzene rings is 2. The number of hydrogen-bond acceptors (Lipinski definition) is 7. The van der Waals surface area contributed by atoms with Gasteiger partial charge in [0, 0.05) is 23.4 Å². The van der Waals surface area contributed by atoms with Gasteiger partial charge in [-0.2, -0.15) is 0 Å². The van der Waals surface area contributed by atoms with Gasteiger partial charge in [0.15, 0.2) is 11.3 Å². The lowest BCUT2D eigenvalue weighted by Crippen LogP contribution is -2.08. The number of fused-ring (bicyclic) bond motifs is 2. The minimum atomic E-state index is -0.405. The molecule has 7 heteroatoms. The number of carbonyl (C=O) groups excluding carboxylic acids is 1. The van der Waals surface area contributed by atoms with Crippen LogP contribution < -0.4 is 4.74 Å². The second-order valence-corrected chi connectivity index (χ2v) is 7.10. The van der Waals surface area contributed by atoms with E-state index in [-0.39, 0.29) is 19.1 Å². The van der Waals surface area contributed by atoms with Gasteiger partial charge in [-0.1, -0.05) is 22.4 Å². The quantitative estimate of drug-likeness (QED) is 0.474. The van der Waals surface area contributed by atoms with Crippen molar-refractivity contribution in [3.8, 4) is 17.1 Å². The summed E-state index contributed by atoms with van der Waals surface area (Å²) in [5.41, 5.74) is 3.81. The van der Waals surface area contributed by atoms with E-state index in [4.69, 9.17) is 18.5 Å². The van der Waals surface area contributed by atoms with Crippen molar-refractivity contribution < 1.29 is 23.3 Å². The van der Waals surface area contributed by atoms with Crippen molar-refractivity contribution in [2.24, 2.45) is 0 Å². The number of rotatable bonds is 5. The summed E-state index contributed by atoms with van der Waals surface area (Å²) in [6, 6.07) is 15.1. The number of para-hydroxylation sites is 1. The molecule has 0 radical (unpaired) electrons. The Labute approximate surface area is 166 Å². The molecule has 3 heterocycles. The highest BCUT2D eigenvalue weighted by molar-refractivity contribution is 5.84. The summed E-state index contributed by atoms with van der Waals surface area (Å²) >= 11 is 0. The lowest BCUT2D eigenvalue weighted by atomic mass is 10.1. The van der Waals surface area contributed by atoms with Crippen molar-refractivity contribution in [2.45, 2.75) is 32.5 Å². The van der Waals surface area contributed by atoms with Crippen LogP contribution in [-0.4, -0.2) is 22.4 Å². The van der Waals surface area contributed by atoms with E-state index < -0.39 is 5.97 Å². The Hall–Kier alpha value is -3.61. The van der Waals surface area contributed by atoms with Crippen LogP contribution >= 0.6 is 0 Å². The standard InChI is InChI=1S/C22H18N2O5/c1-13-8-15-9-14(6-7-19(15)27-13)21-10-16(23-29-21)12-26-22(25)11-18-17-4-2-3-5-20(17)28-24-18/h2-7,9-10,13H,8,11-12H2,1H3/t13-/m1/s1. The van der Waals surface area contributed by atoms with Crippen LogP contribution in [-0.2, 0) is 29.0 Å². The van der Waals surface area contributed by atoms with E-state index in [0.717, 1.165) is 28.7 Å². The summed E-state index contributed by atoms with van der Waals surface area (Å²) in [7, 11) is 0. The summed E-state index contributed by atoms with van der Waals surface area (Å²) in [6.45, 7) is 2.08. The Bertz CT molecular complexity index is 1190. The third kappa shape index (κ3) is 3.47. The van der Waals surface area contributed by atoms with Crippen LogP contribution in [0.15, 0.2) is 57.6 Å². The molecule has 0 bridgehead atoms. The first-order chi connectivity index (χ1) is 14.2. The van der Waals surface area contributed by atoms with Crippen molar-refractivity contribution in [3.63, 3.8) is 0 Å². The molecule has 2 aromatic heterocycles. The predicted molar refractivity (Wildman–Crippen MR) is 103 cm³/mol. The zero-order chi connectivity index (χ0) is 19.8. The molecule has 0 unspecified atom stereocenters.